The second-order valence-corrected chi connectivity index (χ2v) is 3.80. The largest absolute Gasteiger partial charge is 0.331 e. The Morgan fingerprint density at radius 2 is 2.30 bits per heavy atom. The average molecular weight is 159 g/mol. The average Bonchev–Trinajstić information content (AvgIpc) is 1.88. The van der Waals surface area contributed by atoms with Crippen molar-refractivity contribution in [1.29, 1.82) is 0 Å². The van der Waals surface area contributed by atoms with Crippen LogP contribution in [-0.2, 0) is 0 Å². The van der Waals surface area contributed by atoms with Crippen molar-refractivity contribution in [3.63, 3.8) is 0 Å². The van der Waals surface area contributed by atoms with E-state index in [1.54, 1.807) is 0 Å². The molecule has 0 atom stereocenters. The lowest BCUT2D eigenvalue weighted by molar-refractivity contribution is 0.206. The Labute approximate surface area is 66.0 Å². The molecule has 0 radical (unpaired) electrons. The molecule has 10 heavy (non-hydrogen) atoms. The lowest BCUT2D eigenvalue weighted by Gasteiger charge is -2.29. The van der Waals surface area contributed by atoms with Crippen LogP contribution in [0.15, 0.2) is 0 Å². The van der Waals surface area contributed by atoms with Gasteiger partial charge in [-0.15, -0.1) is 0 Å². The summed E-state index contributed by atoms with van der Waals surface area (Å²) in [7, 11) is 0. The van der Waals surface area contributed by atoms with Crippen molar-refractivity contribution >= 4 is 17.0 Å². The summed E-state index contributed by atoms with van der Waals surface area (Å²) in [6, 6.07) is 0.375. The highest BCUT2D eigenvalue weighted by Gasteiger charge is 2.20. The van der Waals surface area contributed by atoms with Crippen molar-refractivity contribution in [1.82, 2.24) is 4.90 Å². The Bertz CT molecular complexity index is 136. The minimum Gasteiger partial charge on any atom is -0.331 e. The summed E-state index contributed by atoms with van der Waals surface area (Å²) in [5.41, 5.74) is 0. The van der Waals surface area contributed by atoms with Gasteiger partial charge in [0, 0.05) is 18.3 Å². The van der Waals surface area contributed by atoms with Gasteiger partial charge in [0.2, 0.25) is 0 Å². The van der Waals surface area contributed by atoms with Crippen molar-refractivity contribution in [3.8, 4) is 0 Å². The number of amides is 1. The van der Waals surface area contributed by atoms with E-state index in [0.717, 1.165) is 18.7 Å². The van der Waals surface area contributed by atoms with Gasteiger partial charge in [-0.1, -0.05) is 11.8 Å². The summed E-state index contributed by atoms with van der Waals surface area (Å²) in [5, 5.41) is 0.251. The van der Waals surface area contributed by atoms with Gasteiger partial charge in [0.25, 0.3) is 5.24 Å². The second kappa shape index (κ2) is 3.28. The van der Waals surface area contributed by atoms with Gasteiger partial charge < -0.3 is 4.90 Å². The zero-order valence-electron chi connectivity index (χ0n) is 6.46. The van der Waals surface area contributed by atoms with Gasteiger partial charge in [-0.05, 0) is 20.3 Å². The predicted molar refractivity (Wildman–Crippen MR) is 44.3 cm³/mol. The highest BCUT2D eigenvalue weighted by atomic mass is 32.2. The van der Waals surface area contributed by atoms with Gasteiger partial charge in [0.15, 0.2) is 0 Å². The highest BCUT2D eigenvalue weighted by molar-refractivity contribution is 8.13. The van der Waals surface area contributed by atoms with Crippen LogP contribution in [0, 0.1) is 0 Å². The Hall–Kier alpha value is -0.180. The first-order valence-corrected chi connectivity index (χ1v) is 4.64. The second-order valence-electron chi connectivity index (χ2n) is 2.76. The minimum atomic E-state index is 0.251. The molecule has 1 fully saturated rings. The quantitative estimate of drug-likeness (QED) is 0.583. The lowest BCUT2D eigenvalue weighted by Crippen LogP contribution is -2.38. The highest BCUT2D eigenvalue weighted by Crippen LogP contribution is 2.18. The van der Waals surface area contributed by atoms with E-state index in [1.807, 2.05) is 4.90 Å². The number of rotatable bonds is 1. The maximum atomic E-state index is 11.1. The van der Waals surface area contributed by atoms with Crippen LogP contribution in [0.1, 0.15) is 20.3 Å². The molecule has 0 unspecified atom stereocenters. The molecule has 2 nitrogen and oxygen atoms in total. The molecular formula is C7H13NOS. The van der Waals surface area contributed by atoms with Gasteiger partial charge in [0.05, 0.1) is 0 Å². The van der Waals surface area contributed by atoms with E-state index in [4.69, 9.17) is 0 Å². The molecule has 0 bridgehead atoms. The van der Waals surface area contributed by atoms with Crippen molar-refractivity contribution in [2.45, 2.75) is 26.3 Å². The van der Waals surface area contributed by atoms with Crippen LogP contribution >= 0.6 is 11.8 Å². The number of hydrogen-bond donors (Lipinski definition) is 0. The fraction of sp³-hybridized carbons (Fsp3) is 0.857. The molecule has 1 rings (SSSR count). The molecule has 0 aromatic rings. The van der Waals surface area contributed by atoms with E-state index in [-0.39, 0.29) is 5.24 Å². The fourth-order valence-corrected chi connectivity index (χ4v) is 1.95. The van der Waals surface area contributed by atoms with Crippen LogP contribution in [0.3, 0.4) is 0 Å². The molecule has 0 spiro atoms. The molecule has 3 heteroatoms. The van der Waals surface area contributed by atoms with Crippen LogP contribution in [-0.4, -0.2) is 28.5 Å². The van der Waals surface area contributed by atoms with Crippen molar-refractivity contribution in [3.05, 3.63) is 0 Å². The summed E-state index contributed by atoms with van der Waals surface area (Å²) in [4.78, 5) is 13.0. The Balaban J connectivity index is 2.48. The maximum absolute atomic E-state index is 11.1. The van der Waals surface area contributed by atoms with E-state index < -0.39 is 0 Å². The van der Waals surface area contributed by atoms with Gasteiger partial charge in [-0.2, -0.15) is 0 Å². The van der Waals surface area contributed by atoms with Gasteiger partial charge in [0.1, 0.15) is 0 Å². The maximum Gasteiger partial charge on any atom is 0.281 e. The van der Waals surface area contributed by atoms with Gasteiger partial charge in [-0.25, -0.2) is 0 Å². The van der Waals surface area contributed by atoms with Crippen LogP contribution in [0.5, 0.6) is 0 Å². The van der Waals surface area contributed by atoms with Crippen LogP contribution < -0.4 is 0 Å². The molecule has 0 aromatic heterocycles. The summed E-state index contributed by atoms with van der Waals surface area (Å²) >= 11 is 1.44. The predicted octanol–water partition coefficient (Wildman–Crippen LogP) is 1.95. The first-order valence-electron chi connectivity index (χ1n) is 3.65. The molecule has 1 saturated heterocycles. The molecule has 1 heterocycles. The summed E-state index contributed by atoms with van der Waals surface area (Å²) in [5.74, 6) is 1.00. The fourth-order valence-electron chi connectivity index (χ4n) is 1.04. The van der Waals surface area contributed by atoms with E-state index in [2.05, 4.69) is 13.8 Å². The standard InChI is InChI=1S/C7H13NOS/c1-6(2)8-4-3-5-10-7(8)9/h6H,3-5H2,1-2H3. The molecule has 1 amide bonds. The van der Waals surface area contributed by atoms with Crippen LogP contribution in [0.2, 0.25) is 0 Å². The molecule has 0 aromatic carbocycles. The van der Waals surface area contributed by atoms with E-state index in [0.29, 0.717) is 6.04 Å². The molecule has 0 N–H and O–H groups in total. The third-order valence-electron chi connectivity index (χ3n) is 1.63. The zero-order valence-corrected chi connectivity index (χ0v) is 7.28. The first-order chi connectivity index (χ1) is 4.72. The molecular weight excluding hydrogens is 146 g/mol. The topological polar surface area (TPSA) is 20.3 Å². The van der Waals surface area contributed by atoms with Crippen molar-refractivity contribution in [2.75, 3.05) is 12.3 Å². The van der Waals surface area contributed by atoms with Crippen molar-refractivity contribution < 1.29 is 4.79 Å². The van der Waals surface area contributed by atoms with Crippen LogP contribution in [0.4, 0.5) is 4.79 Å². The minimum absolute atomic E-state index is 0.251. The Morgan fingerprint density at radius 1 is 1.60 bits per heavy atom. The number of carbonyl (C=O) groups is 1. The van der Waals surface area contributed by atoms with Gasteiger partial charge >= 0.3 is 0 Å². The SMILES string of the molecule is CC(C)N1CCCSC1=O. The van der Waals surface area contributed by atoms with Gasteiger partial charge in [-0.3, -0.25) is 4.79 Å². The Kier molecular flexibility index (Phi) is 2.60. The third-order valence-corrected chi connectivity index (χ3v) is 2.60. The zero-order chi connectivity index (χ0) is 7.56. The lowest BCUT2D eigenvalue weighted by atomic mass is 10.3. The summed E-state index contributed by atoms with van der Waals surface area (Å²) in [6.07, 6.45) is 1.15. The van der Waals surface area contributed by atoms with Crippen molar-refractivity contribution in [2.24, 2.45) is 0 Å². The number of nitrogens with zero attached hydrogens (tertiary/aromatic N) is 1. The molecule has 0 saturated carbocycles. The third kappa shape index (κ3) is 1.66. The monoisotopic (exact) mass is 159 g/mol. The molecule has 58 valence electrons. The molecule has 0 aliphatic carbocycles. The van der Waals surface area contributed by atoms with Crippen LogP contribution in [0.25, 0.3) is 0 Å². The molecule has 1 aliphatic heterocycles. The van der Waals surface area contributed by atoms with E-state index >= 15 is 0 Å². The number of thioether (sulfide) groups is 1. The number of carbonyl (C=O) groups excluding carboxylic acids is 1. The summed E-state index contributed by atoms with van der Waals surface area (Å²) in [6.45, 7) is 5.07. The Morgan fingerprint density at radius 3 is 2.70 bits per heavy atom. The summed E-state index contributed by atoms with van der Waals surface area (Å²) < 4.78 is 0. The van der Waals surface area contributed by atoms with E-state index in [9.17, 15) is 4.79 Å². The number of hydrogen-bond acceptors (Lipinski definition) is 2. The first kappa shape index (κ1) is 7.92. The van der Waals surface area contributed by atoms with E-state index in [1.165, 1.54) is 11.8 Å². The smallest absolute Gasteiger partial charge is 0.281 e. The normalized spacial score (nSPS) is 20.3. The molecule has 1 aliphatic rings.